The third-order valence-corrected chi connectivity index (χ3v) is 7.33. The van der Waals surface area contributed by atoms with E-state index in [9.17, 15) is 27.9 Å². The summed E-state index contributed by atoms with van der Waals surface area (Å²) in [5, 5.41) is 20.5. The van der Waals surface area contributed by atoms with E-state index in [-0.39, 0.29) is 10.8 Å². The van der Waals surface area contributed by atoms with Crippen LogP contribution in [0.25, 0.3) is 11.1 Å². The van der Waals surface area contributed by atoms with Crippen molar-refractivity contribution in [1.82, 2.24) is 25.3 Å². The molecule has 19 nitrogen and oxygen atoms in total. The molecule has 2 amide bonds. The van der Waals surface area contributed by atoms with Gasteiger partial charge in [-0.15, -0.1) is 15.6 Å². The van der Waals surface area contributed by atoms with Gasteiger partial charge in [-0.2, -0.15) is 13.5 Å². The van der Waals surface area contributed by atoms with Gasteiger partial charge in [0, 0.05) is 36.4 Å². The average Bonchev–Trinajstić information content (AvgIpc) is 3.44. The van der Waals surface area contributed by atoms with Crippen LogP contribution in [0.2, 0.25) is 0 Å². The zero-order valence-corrected chi connectivity index (χ0v) is 25.8. The van der Waals surface area contributed by atoms with Crippen LogP contribution in [0.4, 0.5) is 11.1 Å². The summed E-state index contributed by atoms with van der Waals surface area (Å²) < 4.78 is 40.9. The number of aliphatic carboxylic acids is 1. The smallest absolute Gasteiger partial charge is 0.418 e. The Morgan fingerprint density at radius 2 is 1.87 bits per heavy atom. The third-order valence-electron chi connectivity index (χ3n) is 6.32. The second-order valence-corrected chi connectivity index (χ2v) is 11.9. The molecule has 4 rings (SSSR count). The maximum atomic E-state index is 13.2. The van der Waals surface area contributed by atoms with Crippen molar-refractivity contribution >= 4 is 56.3 Å². The first-order valence-electron chi connectivity index (χ1n) is 13.2. The quantitative estimate of drug-likeness (QED) is 0.0518. The first-order valence-corrected chi connectivity index (χ1v) is 15.4. The Bertz CT molecular complexity index is 1710. The van der Waals surface area contributed by atoms with Gasteiger partial charge in [0.15, 0.2) is 10.8 Å². The Labute approximate surface area is 265 Å². The number of ether oxygens (including phenoxy) is 1. The largest absolute Gasteiger partial charge is 0.489 e. The number of carbonyl (C=O) groups excluding carboxylic acids is 2. The molecule has 1 aromatic carbocycles. The molecule has 1 saturated heterocycles. The molecule has 1 fully saturated rings. The number of β-lactam (4-membered cyclic amide) rings is 1. The second kappa shape index (κ2) is 14.0. The zero-order chi connectivity index (χ0) is 33.6. The van der Waals surface area contributed by atoms with Gasteiger partial charge in [0.05, 0.1) is 5.54 Å². The summed E-state index contributed by atoms with van der Waals surface area (Å²) >= 11 is 0.951. The maximum Gasteiger partial charge on any atom is 0.418 e. The molecule has 8 N–H and O–H groups in total. The van der Waals surface area contributed by atoms with Crippen LogP contribution in [0.3, 0.4) is 0 Å². The second-order valence-electron chi connectivity index (χ2n) is 9.98. The van der Waals surface area contributed by atoms with E-state index in [1.54, 1.807) is 36.7 Å². The average molecular weight is 680 g/mol. The first-order chi connectivity index (χ1) is 21.7. The molecule has 2 atom stereocenters. The van der Waals surface area contributed by atoms with Crippen LogP contribution in [-0.2, 0) is 33.9 Å². The molecular weight excluding hydrogens is 650 g/mol. The number of nitrogens with two attached hydrogens (primary N) is 2. The van der Waals surface area contributed by atoms with Crippen molar-refractivity contribution in [3.63, 3.8) is 0 Å². The van der Waals surface area contributed by atoms with Gasteiger partial charge in [0.1, 0.15) is 24.1 Å². The van der Waals surface area contributed by atoms with Gasteiger partial charge in [-0.25, -0.2) is 19.7 Å². The van der Waals surface area contributed by atoms with E-state index in [0.29, 0.717) is 29.9 Å². The lowest BCUT2D eigenvalue weighted by atomic mass is 9.84. The number of nitrogens with zero attached hydrogens (tertiary/aromatic N) is 5. The number of thiazole rings is 1. The molecule has 21 heteroatoms. The van der Waals surface area contributed by atoms with Crippen molar-refractivity contribution in [3.8, 4) is 16.9 Å². The Balaban J connectivity index is 1.43. The van der Waals surface area contributed by atoms with Crippen LogP contribution in [0.15, 0.2) is 47.2 Å². The van der Waals surface area contributed by atoms with Crippen molar-refractivity contribution in [2.24, 2.45) is 10.9 Å². The molecule has 0 radical (unpaired) electrons. The highest BCUT2D eigenvalue weighted by molar-refractivity contribution is 7.80. The fourth-order valence-corrected chi connectivity index (χ4v) is 4.95. The van der Waals surface area contributed by atoms with E-state index in [1.165, 1.54) is 19.2 Å². The number of amides is 2. The predicted molar refractivity (Wildman–Crippen MR) is 162 cm³/mol. The summed E-state index contributed by atoms with van der Waals surface area (Å²) in [6, 6.07) is 5.30. The number of rotatable bonds is 15. The molecule has 46 heavy (non-hydrogen) atoms. The first kappa shape index (κ1) is 33.9. The van der Waals surface area contributed by atoms with Crippen molar-refractivity contribution in [3.05, 3.63) is 47.7 Å². The SMILES string of the molecule is CC1(C)[C@H](NC(=O)/C(=N\OC(COc2ccc(-c3cnc(NCCN)nc3)cc2)C(=O)O)c2csc(N)n2)C(=O)N1OS(=O)(=O)O. The molecule has 246 valence electrons. The summed E-state index contributed by atoms with van der Waals surface area (Å²) in [4.78, 5) is 55.1. The van der Waals surface area contributed by atoms with Crippen LogP contribution in [0, 0.1) is 0 Å². The number of benzene rings is 1. The van der Waals surface area contributed by atoms with Crippen molar-refractivity contribution < 1.29 is 46.3 Å². The van der Waals surface area contributed by atoms with E-state index in [0.717, 1.165) is 22.5 Å². The van der Waals surface area contributed by atoms with Crippen LogP contribution >= 0.6 is 11.3 Å². The third kappa shape index (κ3) is 8.19. The molecular formula is C25H29N9O10S2. The highest BCUT2D eigenvalue weighted by Crippen LogP contribution is 2.33. The molecule has 3 aromatic rings. The molecule has 0 aliphatic carbocycles. The molecule has 1 unspecified atom stereocenters. The van der Waals surface area contributed by atoms with E-state index < -0.39 is 58.2 Å². The fraction of sp³-hybridized carbons (Fsp3) is 0.320. The van der Waals surface area contributed by atoms with E-state index in [2.05, 4.69) is 35.0 Å². The Hall–Kier alpha value is -4.96. The minimum atomic E-state index is -5.02. The summed E-state index contributed by atoms with van der Waals surface area (Å²) in [5.74, 6) is -2.76. The molecule has 1 aliphatic heterocycles. The van der Waals surface area contributed by atoms with Crippen LogP contribution in [0.5, 0.6) is 5.75 Å². The molecule has 2 aromatic heterocycles. The lowest BCUT2D eigenvalue weighted by molar-refractivity contribution is -0.218. The lowest BCUT2D eigenvalue weighted by Crippen LogP contribution is -2.76. The van der Waals surface area contributed by atoms with Crippen molar-refractivity contribution in [2.75, 3.05) is 30.7 Å². The van der Waals surface area contributed by atoms with Gasteiger partial charge in [0.2, 0.25) is 5.95 Å². The topological polar surface area (TPSA) is 284 Å². The molecule has 0 saturated carbocycles. The number of hydrogen-bond donors (Lipinski definition) is 6. The summed E-state index contributed by atoms with van der Waals surface area (Å²) in [6.07, 6.45) is 1.56. The number of hydroxylamine groups is 2. The van der Waals surface area contributed by atoms with E-state index >= 15 is 0 Å². The minimum absolute atomic E-state index is 0.0515. The van der Waals surface area contributed by atoms with Crippen LogP contribution in [-0.4, -0.2) is 99.0 Å². The number of aromatic nitrogens is 3. The van der Waals surface area contributed by atoms with Gasteiger partial charge in [-0.3, -0.25) is 14.1 Å². The van der Waals surface area contributed by atoms with E-state index in [1.807, 2.05) is 0 Å². The Morgan fingerprint density at radius 3 is 2.41 bits per heavy atom. The standard InChI is InChI=1S/C25H29N9O10S2/c1-25(2)19(21(36)34(25)44-46(39,40)41)32-20(35)18(16-12-45-23(27)31-16)33-43-17(22(37)38)11-42-15-5-3-13(4-6-15)14-9-29-24(30-10-14)28-8-7-26/h3-6,9-10,12,17,19H,7-8,11,26H2,1-2H3,(H2,27,31)(H,32,35)(H,37,38)(H,28,29,30)(H,39,40,41)/b33-18-/t17?,19-/m1/s1. The minimum Gasteiger partial charge on any atom is -0.489 e. The number of carboxylic acid groups (broad SMARTS) is 1. The number of hydrogen-bond acceptors (Lipinski definition) is 16. The lowest BCUT2D eigenvalue weighted by Gasteiger charge is -2.50. The molecule has 0 spiro atoms. The van der Waals surface area contributed by atoms with Gasteiger partial charge in [-0.05, 0) is 31.5 Å². The summed E-state index contributed by atoms with van der Waals surface area (Å²) in [6.45, 7) is 3.16. The summed E-state index contributed by atoms with van der Waals surface area (Å²) in [7, 11) is -5.02. The van der Waals surface area contributed by atoms with Crippen molar-refractivity contribution in [2.45, 2.75) is 31.5 Å². The zero-order valence-electron chi connectivity index (χ0n) is 24.2. The number of carboxylic acids is 1. The Morgan fingerprint density at radius 1 is 1.20 bits per heavy atom. The van der Waals surface area contributed by atoms with Gasteiger partial charge < -0.3 is 36.8 Å². The number of nitrogens with one attached hydrogen (secondary N) is 2. The number of anilines is 2. The van der Waals surface area contributed by atoms with Crippen molar-refractivity contribution in [1.29, 1.82) is 0 Å². The number of carbonyl (C=O) groups is 3. The van der Waals surface area contributed by atoms with E-state index in [4.69, 9.17) is 25.6 Å². The molecule has 1 aliphatic rings. The monoisotopic (exact) mass is 679 g/mol. The van der Waals surface area contributed by atoms with Gasteiger partial charge >= 0.3 is 16.4 Å². The number of nitrogen functional groups attached to an aromatic ring is 1. The van der Waals surface area contributed by atoms with Gasteiger partial charge in [0.25, 0.3) is 17.9 Å². The fourth-order valence-electron chi connectivity index (χ4n) is 3.95. The highest BCUT2D eigenvalue weighted by Gasteiger charge is 2.58. The maximum absolute atomic E-state index is 13.2. The van der Waals surface area contributed by atoms with Crippen LogP contribution < -0.4 is 26.8 Å². The summed E-state index contributed by atoms with van der Waals surface area (Å²) in [5.41, 5.74) is 10.6. The predicted octanol–water partition coefficient (Wildman–Crippen LogP) is -0.354. The molecule has 0 bridgehead atoms. The van der Waals surface area contributed by atoms with Crippen LogP contribution in [0.1, 0.15) is 19.5 Å². The highest BCUT2D eigenvalue weighted by atomic mass is 32.3. The Kier molecular flexibility index (Phi) is 10.3. The van der Waals surface area contributed by atoms with Gasteiger partial charge in [-0.1, -0.05) is 17.3 Å². The normalized spacial score (nSPS) is 16.7. The number of oxime groups is 1. The molecule has 3 heterocycles.